The molecule has 1 atom stereocenters. The molecule has 0 heterocycles. The summed E-state index contributed by atoms with van der Waals surface area (Å²) >= 11 is 9.83. The van der Waals surface area contributed by atoms with Crippen molar-refractivity contribution in [1.29, 1.82) is 0 Å². The summed E-state index contributed by atoms with van der Waals surface area (Å²) in [5.74, 6) is 0. The highest BCUT2D eigenvalue weighted by molar-refractivity contribution is 9.10. The average Bonchev–Trinajstić information content (AvgIpc) is 2.44. The summed E-state index contributed by atoms with van der Waals surface area (Å²) in [4.78, 5) is 2.18. The summed E-state index contributed by atoms with van der Waals surface area (Å²) < 4.78 is 1.01. The van der Waals surface area contributed by atoms with E-state index in [0.29, 0.717) is 6.54 Å². The van der Waals surface area contributed by atoms with Crippen LogP contribution in [0.5, 0.6) is 0 Å². The monoisotopic (exact) mass is 352 g/mol. The van der Waals surface area contributed by atoms with Crippen LogP contribution in [0.4, 0.5) is 5.69 Å². The van der Waals surface area contributed by atoms with E-state index in [0.717, 1.165) is 15.1 Å². The molecule has 2 aromatic carbocycles. The van der Waals surface area contributed by atoms with Crippen LogP contribution in [0.3, 0.4) is 0 Å². The highest BCUT2D eigenvalue weighted by Gasteiger charge is 2.20. The third-order valence-corrected chi connectivity index (χ3v) is 4.34. The number of hydrogen-bond donors (Lipinski definition) is 1. The Labute approximate surface area is 133 Å². The molecular weight excluding hydrogens is 336 g/mol. The van der Waals surface area contributed by atoms with Gasteiger partial charge < -0.3 is 10.6 Å². The second-order valence-electron chi connectivity index (χ2n) is 4.81. The first-order valence-electron chi connectivity index (χ1n) is 6.48. The van der Waals surface area contributed by atoms with E-state index < -0.39 is 0 Å². The van der Waals surface area contributed by atoms with Crippen molar-refractivity contribution in [1.82, 2.24) is 0 Å². The van der Waals surface area contributed by atoms with Gasteiger partial charge in [0.25, 0.3) is 0 Å². The van der Waals surface area contributed by atoms with Crippen LogP contribution in [0.2, 0.25) is 5.02 Å². The van der Waals surface area contributed by atoms with E-state index in [1.807, 2.05) is 30.3 Å². The minimum atomic E-state index is 0.0427. The standard InChI is InChI=1S/C16H18BrClN2/c1-11-5-3-4-6-15(11)20(2)16(10-19)13-9-12(17)7-8-14(13)18/h3-9,16H,10,19H2,1-2H3. The van der Waals surface area contributed by atoms with E-state index in [4.69, 9.17) is 17.3 Å². The minimum absolute atomic E-state index is 0.0427. The lowest BCUT2D eigenvalue weighted by Crippen LogP contribution is -2.31. The molecule has 0 aliphatic rings. The molecule has 0 saturated carbocycles. The molecule has 20 heavy (non-hydrogen) atoms. The largest absolute Gasteiger partial charge is 0.366 e. The zero-order chi connectivity index (χ0) is 14.7. The van der Waals surface area contributed by atoms with Gasteiger partial charge in [0.15, 0.2) is 0 Å². The lowest BCUT2D eigenvalue weighted by Gasteiger charge is -2.31. The van der Waals surface area contributed by atoms with Crippen LogP contribution in [0.15, 0.2) is 46.9 Å². The fourth-order valence-corrected chi connectivity index (χ4v) is 3.01. The molecule has 2 N–H and O–H groups in total. The Kier molecular flexibility index (Phi) is 5.08. The molecular formula is C16H18BrClN2. The van der Waals surface area contributed by atoms with Crippen molar-refractivity contribution in [2.45, 2.75) is 13.0 Å². The molecule has 0 aliphatic carbocycles. The van der Waals surface area contributed by atoms with Gasteiger partial charge in [-0.1, -0.05) is 45.7 Å². The van der Waals surface area contributed by atoms with Crippen molar-refractivity contribution >= 4 is 33.2 Å². The van der Waals surface area contributed by atoms with Gasteiger partial charge in [-0.15, -0.1) is 0 Å². The normalized spacial score (nSPS) is 12.2. The Bertz CT molecular complexity index is 601. The van der Waals surface area contributed by atoms with Crippen LogP contribution in [0, 0.1) is 6.92 Å². The number of nitrogens with two attached hydrogens (primary N) is 1. The Morgan fingerprint density at radius 2 is 1.95 bits per heavy atom. The fraction of sp³-hybridized carbons (Fsp3) is 0.250. The molecule has 0 aliphatic heterocycles. The highest BCUT2D eigenvalue weighted by atomic mass is 79.9. The molecule has 0 aromatic heterocycles. The number of benzene rings is 2. The third-order valence-electron chi connectivity index (χ3n) is 3.50. The van der Waals surface area contributed by atoms with Gasteiger partial charge in [0.05, 0.1) is 6.04 Å². The first kappa shape index (κ1) is 15.4. The summed E-state index contributed by atoms with van der Waals surface area (Å²) in [6, 6.07) is 14.2. The molecule has 2 nitrogen and oxygen atoms in total. The maximum Gasteiger partial charge on any atom is 0.0676 e. The van der Waals surface area contributed by atoms with Crippen LogP contribution < -0.4 is 10.6 Å². The van der Waals surface area contributed by atoms with Gasteiger partial charge in [-0.2, -0.15) is 0 Å². The van der Waals surface area contributed by atoms with Crippen molar-refractivity contribution < 1.29 is 0 Å². The van der Waals surface area contributed by atoms with Gasteiger partial charge in [-0.3, -0.25) is 0 Å². The fourth-order valence-electron chi connectivity index (χ4n) is 2.39. The highest BCUT2D eigenvalue weighted by Crippen LogP contribution is 2.32. The van der Waals surface area contributed by atoms with Gasteiger partial charge in [0.1, 0.15) is 0 Å². The van der Waals surface area contributed by atoms with Gasteiger partial charge in [-0.05, 0) is 42.3 Å². The van der Waals surface area contributed by atoms with Crippen LogP contribution in [0.1, 0.15) is 17.2 Å². The predicted molar refractivity (Wildman–Crippen MR) is 90.5 cm³/mol. The lowest BCUT2D eigenvalue weighted by molar-refractivity contribution is 0.679. The summed E-state index contributed by atoms with van der Waals surface area (Å²) in [6.45, 7) is 2.60. The first-order valence-corrected chi connectivity index (χ1v) is 7.65. The predicted octanol–water partition coefficient (Wildman–Crippen LogP) is 4.55. The van der Waals surface area contributed by atoms with Crippen molar-refractivity contribution in [3.63, 3.8) is 0 Å². The molecule has 4 heteroatoms. The number of para-hydroxylation sites is 1. The van der Waals surface area contributed by atoms with E-state index in [1.165, 1.54) is 11.3 Å². The molecule has 2 aromatic rings. The summed E-state index contributed by atoms with van der Waals surface area (Å²) in [5.41, 5.74) is 9.42. The van der Waals surface area contributed by atoms with Gasteiger partial charge in [0.2, 0.25) is 0 Å². The number of hydrogen-bond acceptors (Lipinski definition) is 2. The summed E-state index contributed by atoms with van der Waals surface area (Å²) in [5, 5.41) is 0.740. The van der Waals surface area contributed by atoms with Gasteiger partial charge in [0, 0.05) is 28.8 Å². The smallest absolute Gasteiger partial charge is 0.0676 e. The maximum absolute atomic E-state index is 6.34. The maximum atomic E-state index is 6.34. The summed E-state index contributed by atoms with van der Waals surface area (Å²) in [7, 11) is 2.05. The molecule has 0 fully saturated rings. The SMILES string of the molecule is Cc1ccccc1N(C)C(CN)c1cc(Br)ccc1Cl. The summed E-state index contributed by atoms with van der Waals surface area (Å²) in [6.07, 6.45) is 0. The van der Waals surface area contributed by atoms with E-state index in [-0.39, 0.29) is 6.04 Å². The van der Waals surface area contributed by atoms with Crippen LogP contribution in [-0.4, -0.2) is 13.6 Å². The van der Waals surface area contributed by atoms with Crippen molar-refractivity contribution in [3.8, 4) is 0 Å². The Hall–Kier alpha value is -1.03. The third kappa shape index (κ3) is 3.17. The van der Waals surface area contributed by atoms with Crippen LogP contribution >= 0.6 is 27.5 Å². The first-order chi connectivity index (χ1) is 9.54. The second-order valence-corrected chi connectivity index (χ2v) is 6.14. The molecule has 1 unspecified atom stereocenters. The number of nitrogens with zero attached hydrogens (tertiary/aromatic N) is 1. The number of aryl methyl sites for hydroxylation is 1. The zero-order valence-corrected chi connectivity index (χ0v) is 13.9. The average molecular weight is 354 g/mol. The quantitative estimate of drug-likeness (QED) is 0.874. The molecule has 0 spiro atoms. The van der Waals surface area contributed by atoms with Gasteiger partial charge >= 0.3 is 0 Å². The molecule has 0 saturated heterocycles. The van der Waals surface area contributed by atoms with Crippen molar-refractivity contribution in [2.75, 3.05) is 18.5 Å². The molecule has 106 valence electrons. The molecule has 0 amide bonds. The second kappa shape index (κ2) is 6.61. The van der Waals surface area contributed by atoms with E-state index in [1.54, 1.807) is 0 Å². The topological polar surface area (TPSA) is 29.3 Å². The van der Waals surface area contributed by atoms with E-state index in [9.17, 15) is 0 Å². The van der Waals surface area contributed by atoms with Gasteiger partial charge in [-0.25, -0.2) is 0 Å². The molecule has 0 radical (unpaired) electrons. The van der Waals surface area contributed by atoms with Crippen LogP contribution in [-0.2, 0) is 0 Å². The Morgan fingerprint density at radius 1 is 1.25 bits per heavy atom. The Balaban J connectivity index is 2.42. The molecule has 2 rings (SSSR count). The lowest BCUT2D eigenvalue weighted by atomic mass is 10.0. The van der Waals surface area contributed by atoms with Crippen molar-refractivity contribution in [2.24, 2.45) is 5.73 Å². The Morgan fingerprint density at radius 3 is 2.60 bits per heavy atom. The number of rotatable bonds is 4. The van der Waals surface area contributed by atoms with E-state index in [2.05, 4.69) is 46.9 Å². The van der Waals surface area contributed by atoms with Crippen molar-refractivity contribution in [3.05, 3.63) is 63.1 Å². The zero-order valence-electron chi connectivity index (χ0n) is 11.6. The van der Waals surface area contributed by atoms with Crippen LogP contribution in [0.25, 0.3) is 0 Å². The minimum Gasteiger partial charge on any atom is -0.366 e. The number of halogens is 2. The number of likely N-dealkylation sites (N-methyl/N-ethyl adjacent to an activating group) is 1. The molecule has 0 bridgehead atoms. The van der Waals surface area contributed by atoms with E-state index >= 15 is 0 Å². The number of anilines is 1.